The standard InChI is InChI=1S/C13H18ClN3O2/c1-10(16-6-2-3-7-16)9-15-12-8-11(14)4-5-13(12)17(18)19/h4-5,8,10,15H,2-3,6-7,9H2,1H3. The Kier molecular flexibility index (Phi) is 4.61. The normalized spacial score (nSPS) is 17.4. The van der Waals surface area contributed by atoms with E-state index in [2.05, 4.69) is 17.1 Å². The molecule has 6 heteroatoms. The summed E-state index contributed by atoms with van der Waals surface area (Å²) in [6.45, 7) is 5.04. The van der Waals surface area contributed by atoms with E-state index in [1.165, 1.54) is 25.0 Å². The smallest absolute Gasteiger partial charge is 0.292 e. The minimum absolute atomic E-state index is 0.0676. The molecule has 0 amide bonds. The van der Waals surface area contributed by atoms with Crippen molar-refractivity contribution in [1.82, 2.24) is 4.90 Å². The van der Waals surface area contributed by atoms with Crippen LogP contribution in [-0.2, 0) is 0 Å². The lowest BCUT2D eigenvalue weighted by molar-refractivity contribution is -0.384. The second-order valence-corrected chi connectivity index (χ2v) is 5.33. The Hall–Kier alpha value is -1.33. The number of nitro benzene ring substituents is 1. The molecular formula is C13H18ClN3O2. The van der Waals surface area contributed by atoms with Crippen molar-refractivity contribution < 1.29 is 4.92 Å². The summed E-state index contributed by atoms with van der Waals surface area (Å²) in [5.41, 5.74) is 0.557. The van der Waals surface area contributed by atoms with Gasteiger partial charge in [-0.3, -0.25) is 15.0 Å². The van der Waals surface area contributed by atoms with Gasteiger partial charge in [0.05, 0.1) is 4.92 Å². The van der Waals surface area contributed by atoms with Crippen molar-refractivity contribution in [2.45, 2.75) is 25.8 Å². The molecule has 0 aliphatic carbocycles. The van der Waals surface area contributed by atoms with E-state index in [9.17, 15) is 10.1 Å². The van der Waals surface area contributed by atoms with Gasteiger partial charge in [-0.15, -0.1) is 0 Å². The molecule has 1 saturated heterocycles. The fraction of sp³-hybridized carbons (Fsp3) is 0.538. The number of nitrogens with one attached hydrogen (secondary N) is 1. The van der Waals surface area contributed by atoms with Crippen LogP contribution in [0.5, 0.6) is 0 Å². The molecule has 1 aliphatic heterocycles. The van der Waals surface area contributed by atoms with Crippen LogP contribution in [0.1, 0.15) is 19.8 Å². The Morgan fingerprint density at radius 1 is 1.47 bits per heavy atom. The number of nitro groups is 1. The first-order valence-corrected chi connectivity index (χ1v) is 6.87. The molecule has 5 nitrogen and oxygen atoms in total. The summed E-state index contributed by atoms with van der Waals surface area (Å²) in [6, 6.07) is 4.94. The van der Waals surface area contributed by atoms with Gasteiger partial charge in [0.2, 0.25) is 0 Å². The summed E-state index contributed by atoms with van der Waals surface area (Å²) < 4.78 is 0. The van der Waals surface area contributed by atoms with Gasteiger partial charge >= 0.3 is 0 Å². The molecule has 1 atom stereocenters. The number of hydrogen-bond acceptors (Lipinski definition) is 4. The number of rotatable bonds is 5. The van der Waals surface area contributed by atoms with Gasteiger partial charge in [-0.05, 0) is 45.0 Å². The average molecular weight is 284 g/mol. The Morgan fingerprint density at radius 2 is 2.16 bits per heavy atom. The minimum atomic E-state index is -0.390. The molecule has 0 spiro atoms. The van der Waals surface area contributed by atoms with E-state index < -0.39 is 0 Å². The molecule has 1 aromatic carbocycles. The maximum atomic E-state index is 10.9. The van der Waals surface area contributed by atoms with E-state index in [4.69, 9.17) is 11.6 Å². The lowest BCUT2D eigenvalue weighted by Gasteiger charge is -2.24. The highest BCUT2D eigenvalue weighted by molar-refractivity contribution is 6.31. The molecular weight excluding hydrogens is 266 g/mol. The van der Waals surface area contributed by atoms with Gasteiger partial charge in [0.1, 0.15) is 5.69 Å². The van der Waals surface area contributed by atoms with Crippen molar-refractivity contribution in [2.24, 2.45) is 0 Å². The maximum absolute atomic E-state index is 10.9. The van der Waals surface area contributed by atoms with Crippen molar-refractivity contribution in [3.05, 3.63) is 33.3 Å². The van der Waals surface area contributed by atoms with Crippen LogP contribution >= 0.6 is 11.6 Å². The van der Waals surface area contributed by atoms with E-state index in [1.54, 1.807) is 6.07 Å². The Morgan fingerprint density at radius 3 is 2.79 bits per heavy atom. The predicted octanol–water partition coefficient (Wildman–Crippen LogP) is 3.14. The molecule has 1 N–H and O–H groups in total. The quantitative estimate of drug-likeness (QED) is 0.666. The first-order valence-electron chi connectivity index (χ1n) is 6.50. The van der Waals surface area contributed by atoms with E-state index >= 15 is 0 Å². The van der Waals surface area contributed by atoms with Crippen molar-refractivity contribution in [1.29, 1.82) is 0 Å². The zero-order chi connectivity index (χ0) is 13.8. The molecule has 1 fully saturated rings. The molecule has 19 heavy (non-hydrogen) atoms. The van der Waals surface area contributed by atoms with Crippen molar-refractivity contribution in [3.63, 3.8) is 0 Å². The Balaban J connectivity index is 2.01. The van der Waals surface area contributed by atoms with Gasteiger partial charge in [-0.1, -0.05) is 11.6 Å². The number of anilines is 1. The summed E-state index contributed by atoms with van der Waals surface area (Å²) in [6.07, 6.45) is 2.48. The number of benzene rings is 1. The van der Waals surface area contributed by atoms with Gasteiger partial charge in [0.25, 0.3) is 5.69 Å². The van der Waals surface area contributed by atoms with Crippen LogP contribution in [0.15, 0.2) is 18.2 Å². The monoisotopic (exact) mass is 283 g/mol. The number of nitrogens with zero attached hydrogens (tertiary/aromatic N) is 2. The van der Waals surface area contributed by atoms with Crippen LogP contribution in [0.25, 0.3) is 0 Å². The number of hydrogen-bond donors (Lipinski definition) is 1. The highest BCUT2D eigenvalue weighted by atomic mass is 35.5. The van der Waals surface area contributed by atoms with Crippen LogP contribution < -0.4 is 5.32 Å². The molecule has 0 aromatic heterocycles. The fourth-order valence-electron chi connectivity index (χ4n) is 2.38. The summed E-state index contributed by atoms with van der Waals surface area (Å²) >= 11 is 5.89. The third kappa shape index (κ3) is 3.58. The van der Waals surface area contributed by atoms with E-state index in [-0.39, 0.29) is 10.6 Å². The lowest BCUT2D eigenvalue weighted by Crippen LogP contribution is -2.35. The second-order valence-electron chi connectivity index (χ2n) is 4.89. The van der Waals surface area contributed by atoms with Crippen LogP contribution in [0.3, 0.4) is 0 Å². The van der Waals surface area contributed by atoms with Gasteiger partial charge in [0, 0.05) is 23.7 Å². The highest BCUT2D eigenvalue weighted by Crippen LogP contribution is 2.27. The Bertz CT molecular complexity index is 461. The molecule has 0 bridgehead atoms. The van der Waals surface area contributed by atoms with Crippen LogP contribution in [0.4, 0.5) is 11.4 Å². The molecule has 1 aromatic rings. The summed E-state index contributed by atoms with van der Waals surface area (Å²) in [5, 5.41) is 14.6. The summed E-state index contributed by atoms with van der Waals surface area (Å²) in [7, 11) is 0. The lowest BCUT2D eigenvalue weighted by atomic mass is 10.2. The van der Waals surface area contributed by atoms with Gasteiger partial charge < -0.3 is 5.32 Å². The number of likely N-dealkylation sites (tertiary alicyclic amines) is 1. The third-order valence-electron chi connectivity index (χ3n) is 3.51. The third-order valence-corrected chi connectivity index (χ3v) is 3.74. The highest BCUT2D eigenvalue weighted by Gasteiger charge is 2.19. The first kappa shape index (κ1) is 14.1. The first-order chi connectivity index (χ1) is 9.08. The maximum Gasteiger partial charge on any atom is 0.292 e. The fourth-order valence-corrected chi connectivity index (χ4v) is 2.55. The predicted molar refractivity (Wildman–Crippen MR) is 76.9 cm³/mol. The van der Waals surface area contributed by atoms with Crippen LogP contribution in [0.2, 0.25) is 5.02 Å². The van der Waals surface area contributed by atoms with Gasteiger partial charge in [0.15, 0.2) is 0 Å². The second kappa shape index (κ2) is 6.21. The van der Waals surface area contributed by atoms with E-state index in [0.717, 1.165) is 13.1 Å². The molecule has 1 heterocycles. The zero-order valence-corrected chi connectivity index (χ0v) is 11.7. The largest absolute Gasteiger partial charge is 0.378 e. The zero-order valence-electron chi connectivity index (χ0n) is 10.9. The van der Waals surface area contributed by atoms with Crippen LogP contribution in [0, 0.1) is 10.1 Å². The van der Waals surface area contributed by atoms with E-state index in [1.807, 2.05) is 0 Å². The molecule has 1 unspecified atom stereocenters. The van der Waals surface area contributed by atoms with Crippen molar-refractivity contribution in [3.8, 4) is 0 Å². The Labute approximate surface area is 117 Å². The molecule has 2 rings (SSSR count). The molecule has 0 radical (unpaired) electrons. The van der Waals surface area contributed by atoms with Gasteiger partial charge in [-0.2, -0.15) is 0 Å². The topological polar surface area (TPSA) is 58.4 Å². The van der Waals surface area contributed by atoms with E-state index in [0.29, 0.717) is 23.3 Å². The number of halogens is 1. The molecule has 1 aliphatic rings. The van der Waals surface area contributed by atoms with Crippen molar-refractivity contribution in [2.75, 3.05) is 25.0 Å². The van der Waals surface area contributed by atoms with Crippen molar-refractivity contribution >= 4 is 23.0 Å². The summed E-state index contributed by atoms with van der Waals surface area (Å²) in [4.78, 5) is 12.9. The SMILES string of the molecule is CC(CNc1cc(Cl)ccc1[N+](=O)[O-])N1CCCC1. The van der Waals surface area contributed by atoms with Crippen LogP contribution in [-0.4, -0.2) is 35.5 Å². The van der Waals surface area contributed by atoms with Gasteiger partial charge in [-0.25, -0.2) is 0 Å². The average Bonchev–Trinajstić information content (AvgIpc) is 2.89. The summed E-state index contributed by atoms with van der Waals surface area (Å²) in [5.74, 6) is 0. The minimum Gasteiger partial charge on any atom is -0.378 e. The molecule has 0 saturated carbocycles. The molecule has 104 valence electrons.